The molecule has 0 amide bonds. The number of hydrogen-bond acceptors (Lipinski definition) is 2. The molecule has 4 aromatic rings. The van der Waals surface area contributed by atoms with Gasteiger partial charge in [0.15, 0.2) is 5.65 Å². The van der Waals surface area contributed by atoms with Gasteiger partial charge in [-0.1, -0.05) is 43.3 Å². The second kappa shape index (κ2) is 6.87. The minimum absolute atomic E-state index is 0.165. The van der Waals surface area contributed by atoms with Gasteiger partial charge in [0.1, 0.15) is 11.5 Å². The molecule has 0 unspecified atom stereocenters. The third-order valence-corrected chi connectivity index (χ3v) is 4.55. The standard InChI is InChI=1S/C21H16F3N3/c1-2-13-7-9-14(10-8-13)18-11-15(20(23)24)16-12-25-27(21(16)26-18)19-6-4-3-5-17(19)22/h3-12,20H,2H2,1H3. The predicted molar refractivity (Wildman–Crippen MR) is 98.6 cm³/mol. The number of pyridine rings is 1. The summed E-state index contributed by atoms with van der Waals surface area (Å²) in [5, 5.41) is 4.32. The number of halogens is 3. The zero-order valence-electron chi connectivity index (χ0n) is 14.5. The quantitative estimate of drug-likeness (QED) is 0.461. The number of benzene rings is 2. The van der Waals surface area contributed by atoms with E-state index in [9.17, 15) is 13.2 Å². The van der Waals surface area contributed by atoms with Crippen molar-refractivity contribution in [2.75, 3.05) is 0 Å². The normalized spacial score (nSPS) is 11.4. The molecule has 0 aliphatic heterocycles. The van der Waals surface area contributed by atoms with Gasteiger partial charge in [-0.05, 0) is 30.2 Å². The maximum Gasteiger partial charge on any atom is 0.264 e. The van der Waals surface area contributed by atoms with Crippen molar-refractivity contribution < 1.29 is 13.2 Å². The molecule has 2 heterocycles. The van der Waals surface area contributed by atoms with E-state index in [-0.39, 0.29) is 22.3 Å². The topological polar surface area (TPSA) is 30.7 Å². The van der Waals surface area contributed by atoms with Crippen molar-refractivity contribution in [3.8, 4) is 16.9 Å². The summed E-state index contributed by atoms with van der Waals surface area (Å²) in [6.07, 6.45) is -0.502. The Kier molecular flexibility index (Phi) is 4.39. The van der Waals surface area contributed by atoms with Crippen LogP contribution >= 0.6 is 0 Å². The van der Waals surface area contributed by atoms with Gasteiger partial charge in [-0.3, -0.25) is 0 Å². The molecule has 6 heteroatoms. The lowest BCUT2D eigenvalue weighted by atomic mass is 10.0. The molecule has 0 fully saturated rings. The number of aryl methyl sites for hydroxylation is 1. The maximum atomic E-state index is 14.2. The molecule has 0 bridgehead atoms. The Morgan fingerprint density at radius 1 is 1.04 bits per heavy atom. The van der Waals surface area contributed by atoms with Gasteiger partial charge in [-0.25, -0.2) is 22.8 Å². The van der Waals surface area contributed by atoms with Gasteiger partial charge in [0.2, 0.25) is 0 Å². The fourth-order valence-corrected chi connectivity index (χ4v) is 3.06. The first-order valence-corrected chi connectivity index (χ1v) is 8.59. The first-order valence-electron chi connectivity index (χ1n) is 8.59. The highest BCUT2D eigenvalue weighted by atomic mass is 19.3. The highest BCUT2D eigenvalue weighted by Gasteiger charge is 2.20. The summed E-state index contributed by atoms with van der Waals surface area (Å²) in [6, 6.07) is 15.0. The van der Waals surface area contributed by atoms with Crippen molar-refractivity contribution in [1.82, 2.24) is 14.8 Å². The summed E-state index contributed by atoms with van der Waals surface area (Å²) < 4.78 is 42.8. The van der Waals surface area contributed by atoms with Crippen molar-refractivity contribution in [3.63, 3.8) is 0 Å². The number of fused-ring (bicyclic) bond motifs is 1. The van der Waals surface area contributed by atoms with Gasteiger partial charge in [0.25, 0.3) is 6.43 Å². The zero-order valence-corrected chi connectivity index (χ0v) is 14.5. The fourth-order valence-electron chi connectivity index (χ4n) is 3.06. The number of para-hydroxylation sites is 1. The minimum Gasteiger partial charge on any atom is -0.228 e. The van der Waals surface area contributed by atoms with E-state index in [0.717, 1.165) is 17.5 Å². The molecule has 0 aliphatic carbocycles. The van der Waals surface area contributed by atoms with Crippen LogP contribution in [0.15, 0.2) is 60.8 Å². The van der Waals surface area contributed by atoms with Crippen LogP contribution in [0.1, 0.15) is 24.5 Å². The number of alkyl halides is 2. The second-order valence-corrected chi connectivity index (χ2v) is 6.19. The van der Waals surface area contributed by atoms with Crippen LogP contribution in [-0.2, 0) is 6.42 Å². The van der Waals surface area contributed by atoms with E-state index in [0.29, 0.717) is 5.69 Å². The molecule has 0 aliphatic rings. The largest absolute Gasteiger partial charge is 0.264 e. The highest BCUT2D eigenvalue weighted by molar-refractivity contribution is 5.84. The van der Waals surface area contributed by atoms with Gasteiger partial charge in [0, 0.05) is 16.5 Å². The van der Waals surface area contributed by atoms with Crippen LogP contribution in [0.25, 0.3) is 28.0 Å². The Morgan fingerprint density at radius 3 is 2.44 bits per heavy atom. The Balaban J connectivity index is 1.96. The van der Waals surface area contributed by atoms with Crippen LogP contribution in [-0.4, -0.2) is 14.8 Å². The summed E-state index contributed by atoms with van der Waals surface area (Å²) in [6.45, 7) is 2.04. The monoisotopic (exact) mass is 367 g/mol. The van der Waals surface area contributed by atoms with Crippen molar-refractivity contribution in [1.29, 1.82) is 0 Å². The first kappa shape index (κ1) is 17.3. The minimum atomic E-state index is -2.69. The average Bonchev–Trinajstić information content (AvgIpc) is 3.11. The van der Waals surface area contributed by atoms with Crippen LogP contribution in [0.3, 0.4) is 0 Å². The average molecular weight is 367 g/mol. The van der Waals surface area contributed by atoms with Crippen LogP contribution in [0.2, 0.25) is 0 Å². The number of nitrogens with zero attached hydrogens (tertiary/aromatic N) is 3. The third-order valence-electron chi connectivity index (χ3n) is 4.55. The molecular weight excluding hydrogens is 351 g/mol. The predicted octanol–water partition coefficient (Wildman–Crippen LogP) is 5.73. The molecule has 136 valence electrons. The molecule has 2 aromatic carbocycles. The van der Waals surface area contributed by atoms with Gasteiger partial charge >= 0.3 is 0 Å². The maximum absolute atomic E-state index is 14.2. The van der Waals surface area contributed by atoms with Gasteiger partial charge in [-0.2, -0.15) is 5.10 Å². The van der Waals surface area contributed by atoms with Crippen molar-refractivity contribution in [2.24, 2.45) is 0 Å². The number of hydrogen-bond donors (Lipinski definition) is 0. The molecule has 0 saturated carbocycles. The second-order valence-electron chi connectivity index (χ2n) is 6.19. The van der Waals surface area contributed by atoms with E-state index in [1.165, 1.54) is 29.1 Å². The summed E-state index contributed by atoms with van der Waals surface area (Å²) >= 11 is 0. The SMILES string of the molecule is CCc1ccc(-c2cc(C(F)F)c3cnn(-c4ccccc4F)c3n2)cc1. The molecule has 0 spiro atoms. The van der Waals surface area contributed by atoms with E-state index >= 15 is 0 Å². The lowest BCUT2D eigenvalue weighted by Crippen LogP contribution is -2.02. The molecule has 2 aromatic heterocycles. The van der Waals surface area contributed by atoms with E-state index < -0.39 is 12.2 Å². The molecule has 0 atom stereocenters. The molecule has 27 heavy (non-hydrogen) atoms. The van der Waals surface area contributed by atoms with Gasteiger partial charge < -0.3 is 0 Å². The third kappa shape index (κ3) is 3.07. The van der Waals surface area contributed by atoms with Gasteiger partial charge in [-0.15, -0.1) is 0 Å². The van der Waals surface area contributed by atoms with E-state index in [1.807, 2.05) is 31.2 Å². The van der Waals surface area contributed by atoms with Gasteiger partial charge in [0.05, 0.1) is 11.9 Å². The van der Waals surface area contributed by atoms with Crippen molar-refractivity contribution >= 4 is 11.0 Å². The summed E-state index contributed by atoms with van der Waals surface area (Å²) in [5.74, 6) is -0.499. The lowest BCUT2D eigenvalue weighted by molar-refractivity contribution is 0.153. The summed E-state index contributed by atoms with van der Waals surface area (Å²) in [5.41, 5.74) is 2.46. The zero-order chi connectivity index (χ0) is 19.0. The lowest BCUT2D eigenvalue weighted by Gasteiger charge is -2.09. The van der Waals surface area contributed by atoms with Crippen LogP contribution in [0.4, 0.5) is 13.2 Å². The Morgan fingerprint density at radius 2 is 1.78 bits per heavy atom. The molecule has 0 saturated heterocycles. The highest BCUT2D eigenvalue weighted by Crippen LogP contribution is 2.32. The smallest absolute Gasteiger partial charge is 0.228 e. The molecule has 3 nitrogen and oxygen atoms in total. The first-order chi connectivity index (χ1) is 13.1. The fraction of sp³-hybridized carbons (Fsp3) is 0.143. The van der Waals surface area contributed by atoms with E-state index in [2.05, 4.69) is 10.1 Å². The van der Waals surface area contributed by atoms with Crippen molar-refractivity contribution in [3.05, 3.63) is 77.7 Å². The van der Waals surface area contributed by atoms with E-state index in [4.69, 9.17) is 0 Å². The molecule has 4 rings (SSSR count). The van der Waals surface area contributed by atoms with E-state index in [1.54, 1.807) is 12.1 Å². The van der Waals surface area contributed by atoms with Crippen LogP contribution in [0.5, 0.6) is 0 Å². The summed E-state index contributed by atoms with van der Waals surface area (Å²) in [7, 11) is 0. The Bertz CT molecular complexity index is 1100. The van der Waals surface area contributed by atoms with Crippen molar-refractivity contribution in [2.45, 2.75) is 19.8 Å². The molecular formula is C21H16F3N3. The van der Waals surface area contributed by atoms with Crippen LogP contribution in [0, 0.1) is 5.82 Å². The Hall–Kier alpha value is -3.15. The number of aromatic nitrogens is 3. The molecule has 0 N–H and O–H groups in total. The van der Waals surface area contributed by atoms with Crippen LogP contribution < -0.4 is 0 Å². The molecule has 0 radical (unpaired) electrons. The summed E-state index contributed by atoms with van der Waals surface area (Å²) in [4.78, 5) is 4.52. The Labute approximate surface area is 154 Å². The number of rotatable bonds is 4.